The second-order valence-electron chi connectivity index (χ2n) is 5.89. The van der Waals surface area contributed by atoms with E-state index in [9.17, 15) is 5.26 Å². The van der Waals surface area contributed by atoms with Gasteiger partial charge in [0, 0.05) is 10.6 Å². The van der Waals surface area contributed by atoms with Gasteiger partial charge >= 0.3 is 0 Å². The molecule has 0 atom stereocenters. The Labute approximate surface area is 132 Å². The van der Waals surface area contributed by atoms with Gasteiger partial charge in [0.15, 0.2) is 0 Å². The Kier molecular flexibility index (Phi) is 4.40. The van der Waals surface area contributed by atoms with Crippen LogP contribution in [0.5, 0.6) is 0 Å². The maximum Gasteiger partial charge on any atom is 0.0772 e. The van der Waals surface area contributed by atoms with E-state index in [1.54, 1.807) is 0 Å². The second kappa shape index (κ2) is 5.92. The molecule has 108 valence electrons. The van der Waals surface area contributed by atoms with Gasteiger partial charge in [0.2, 0.25) is 0 Å². The third-order valence-electron chi connectivity index (χ3n) is 3.99. The van der Waals surface area contributed by atoms with Crippen LogP contribution < -0.4 is 0 Å². The van der Waals surface area contributed by atoms with E-state index >= 15 is 0 Å². The fraction of sp³-hybridized carbons (Fsp3) is 0.316. The molecule has 0 radical (unpaired) electrons. The van der Waals surface area contributed by atoms with Gasteiger partial charge in [0.25, 0.3) is 0 Å². The molecule has 21 heavy (non-hydrogen) atoms. The summed E-state index contributed by atoms with van der Waals surface area (Å²) in [5.74, 6) is 0. The maximum absolute atomic E-state index is 9.46. The molecule has 1 nitrogen and oxygen atoms in total. The molecule has 0 aliphatic rings. The minimum absolute atomic E-state index is 0.572. The molecule has 0 aliphatic carbocycles. The van der Waals surface area contributed by atoms with Crippen molar-refractivity contribution in [2.75, 3.05) is 0 Å². The third kappa shape index (κ3) is 2.96. The highest BCUT2D eigenvalue weighted by Gasteiger charge is 2.25. The van der Waals surface area contributed by atoms with E-state index < -0.39 is 5.41 Å². The molecule has 0 spiro atoms. The van der Waals surface area contributed by atoms with Crippen molar-refractivity contribution in [3.05, 3.63) is 58.1 Å². The zero-order valence-electron chi connectivity index (χ0n) is 13.0. The molecule has 2 heteroatoms. The summed E-state index contributed by atoms with van der Waals surface area (Å²) in [5, 5.41) is 10.2. The maximum atomic E-state index is 9.46. The first-order valence-electron chi connectivity index (χ1n) is 7.21. The van der Waals surface area contributed by atoms with Crippen molar-refractivity contribution in [1.29, 1.82) is 5.26 Å². The van der Waals surface area contributed by atoms with E-state index in [-0.39, 0.29) is 0 Å². The number of nitrogens with zero attached hydrogens (tertiary/aromatic N) is 1. The van der Waals surface area contributed by atoms with Crippen LogP contribution in [-0.4, -0.2) is 0 Å². The molecular formula is C19H20ClN. The zero-order valence-corrected chi connectivity index (χ0v) is 13.8. The minimum Gasteiger partial charge on any atom is -0.197 e. The molecule has 0 saturated carbocycles. The Morgan fingerprint density at radius 3 is 2.52 bits per heavy atom. The number of halogens is 1. The van der Waals surface area contributed by atoms with Crippen molar-refractivity contribution in [3.63, 3.8) is 0 Å². The molecule has 0 unspecified atom stereocenters. The average Bonchev–Trinajstić information content (AvgIpc) is 2.47. The van der Waals surface area contributed by atoms with Crippen LogP contribution in [-0.2, 0) is 11.8 Å². The lowest BCUT2D eigenvalue weighted by atomic mass is 9.81. The fourth-order valence-corrected chi connectivity index (χ4v) is 2.89. The van der Waals surface area contributed by atoms with Gasteiger partial charge in [-0.15, -0.1) is 0 Å². The fourth-order valence-electron chi connectivity index (χ4n) is 2.61. The van der Waals surface area contributed by atoms with Crippen LogP contribution in [0.4, 0.5) is 0 Å². The molecule has 0 aromatic heterocycles. The van der Waals surface area contributed by atoms with E-state index in [2.05, 4.69) is 38.1 Å². The first-order valence-corrected chi connectivity index (χ1v) is 7.58. The molecule has 0 aliphatic heterocycles. The van der Waals surface area contributed by atoms with Gasteiger partial charge in [-0.1, -0.05) is 48.9 Å². The highest BCUT2D eigenvalue weighted by atomic mass is 35.5. The highest BCUT2D eigenvalue weighted by Crippen LogP contribution is 2.38. The molecule has 2 aromatic rings. The van der Waals surface area contributed by atoms with Crippen LogP contribution in [0.3, 0.4) is 0 Å². The van der Waals surface area contributed by atoms with Crippen LogP contribution >= 0.6 is 11.6 Å². The average molecular weight is 298 g/mol. The summed E-state index contributed by atoms with van der Waals surface area (Å²) >= 11 is 6.45. The Hall–Kier alpha value is -1.78. The van der Waals surface area contributed by atoms with Crippen molar-refractivity contribution >= 4 is 11.6 Å². The van der Waals surface area contributed by atoms with Gasteiger partial charge in [-0.25, -0.2) is 0 Å². The van der Waals surface area contributed by atoms with Gasteiger partial charge in [-0.3, -0.25) is 0 Å². The van der Waals surface area contributed by atoms with E-state index in [0.717, 1.165) is 23.1 Å². The lowest BCUT2D eigenvalue weighted by Crippen LogP contribution is -2.15. The molecule has 0 bridgehead atoms. The number of benzene rings is 2. The van der Waals surface area contributed by atoms with E-state index in [1.165, 1.54) is 11.1 Å². The number of aryl methyl sites for hydroxylation is 2. The summed E-state index contributed by atoms with van der Waals surface area (Å²) in [7, 11) is 0. The van der Waals surface area contributed by atoms with Crippen LogP contribution in [0.25, 0.3) is 11.1 Å². The monoisotopic (exact) mass is 297 g/mol. The predicted octanol–water partition coefficient (Wildman–Crippen LogP) is 5.68. The molecule has 0 heterocycles. The molecular weight excluding hydrogens is 278 g/mol. The quantitative estimate of drug-likeness (QED) is 0.715. The molecule has 0 saturated heterocycles. The summed E-state index contributed by atoms with van der Waals surface area (Å²) in [6, 6.07) is 14.6. The first-order chi connectivity index (χ1) is 9.90. The summed E-state index contributed by atoms with van der Waals surface area (Å²) < 4.78 is 0. The number of hydrogen-bond acceptors (Lipinski definition) is 1. The number of rotatable bonds is 3. The largest absolute Gasteiger partial charge is 0.197 e. The van der Waals surface area contributed by atoms with Crippen LogP contribution in [0.2, 0.25) is 5.02 Å². The molecule has 2 rings (SSSR count). The summed E-state index contributed by atoms with van der Waals surface area (Å²) in [5.41, 5.74) is 5.06. The molecule has 0 amide bonds. The Morgan fingerprint density at radius 2 is 1.90 bits per heavy atom. The van der Waals surface area contributed by atoms with Gasteiger partial charge in [0.1, 0.15) is 0 Å². The van der Waals surface area contributed by atoms with E-state index in [4.69, 9.17) is 11.6 Å². The van der Waals surface area contributed by atoms with E-state index in [0.29, 0.717) is 5.02 Å². The van der Waals surface area contributed by atoms with Gasteiger partial charge in [0.05, 0.1) is 11.5 Å². The topological polar surface area (TPSA) is 23.8 Å². The van der Waals surface area contributed by atoms with Crippen molar-refractivity contribution in [2.24, 2.45) is 0 Å². The van der Waals surface area contributed by atoms with Crippen LogP contribution in [0.15, 0.2) is 36.4 Å². The summed E-state index contributed by atoms with van der Waals surface area (Å²) in [4.78, 5) is 0. The lowest BCUT2D eigenvalue weighted by Gasteiger charge is -2.22. The number of hydrogen-bond donors (Lipinski definition) is 0. The van der Waals surface area contributed by atoms with Crippen molar-refractivity contribution in [1.82, 2.24) is 0 Å². The molecule has 0 fully saturated rings. The third-order valence-corrected chi connectivity index (χ3v) is 4.30. The lowest BCUT2D eigenvalue weighted by molar-refractivity contribution is 0.689. The summed E-state index contributed by atoms with van der Waals surface area (Å²) in [6.45, 7) is 8.13. The van der Waals surface area contributed by atoms with Gasteiger partial charge in [-0.05, 0) is 55.5 Å². The Bertz CT molecular complexity index is 708. The van der Waals surface area contributed by atoms with Gasteiger partial charge < -0.3 is 0 Å². The smallest absolute Gasteiger partial charge is 0.0772 e. The SMILES string of the molecule is CCc1cc(-c2c(Cl)cccc2C(C)(C)C#N)ccc1C. The zero-order chi connectivity index (χ0) is 15.6. The van der Waals surface area contributed by atoms with Crippen molar-refractivity contribution < 1.29 is 0 Å². The van der Waals surface area contributed by atoms with Crippen LogP contribution in [0, 0.1) is 18.3 Å². The first kappa shape index (κ1) is 15.6. The van der Waals surface area contributed by atoms with Gasteiger partial charge in [-0.2, -0.15) is 5.26 Å². The highest BCUT2D eigenvalue weighted by molar-refractivity contribution is 6.33. The number of nitriles is 1. The summed E-state index contributed by atoms with van der Waals surface area (Å²) in [6.07, 6.45) is 0.987. The molecule has 0 N–H and O–H groups in total. The van der Waals surface area contributed by atoms with E-state index in [1.807, 2.05) is 32.0 Å². The Balaban J connectivity index is 2.73. The van der Waals surface area contributed by atoms with Crippen molar-refractivity contribution in [2.45, 2.75) is 39.5 Å². The molecule has 2 aromatic carbocycles. The Morgan fingerprint density at radius 1 is 1.19 bits per heavy atom. The minimum atomic E-state index is -0.572. The normalized spacial score (nSPS) is 11.2. The second-order valence-corrected chi connectivity index (χ2v) is 6.30. The standard InChI is InChI=1S/C19H20ClN/c1-5-14-11-15(10-9-13(14)2)18-16(19(3,4)12-21)7-6-8-17(18)20/h6-11H,5H2,1-4H3. The van der Waals surface area contributed by atoms with Crippen LogP contribution in [0.1, 0.15) is 37.5 Å². The van der Waals surface area contributed by atoms with Crippen molar-refractivity contribution in [3.8, 4) is 17.2 Å². The predicted molar refractivity (Wildman–Crippen MR) is 89.6 cm³/mol.